The van der Waals surface area contributed by atoms with Gasteiger partial charge in [-0.1, -0.05) is 6.58 Å². The Morgan fingerprint density at radius 1 is 1.73 bits per heavy atom. The highest BCUT2D eigenvalue weighted by atomic mass is 16.5. The van der Waals surface area contributed by atoms with Gasteiger partial charge in [-0.2, -0.15) is 0 Å². The first-order chi connectivity index (χ1) is 5.18. The lowest BCUT2D eigenvalue weighted by Gasteiger charge is -2.02. The Labute approximate surface area is 65.8 Å². The van der Waals surface area contributed by atoms with Gasteiger partial charge in [-0.25, -0.2) is 10.3 Å². The summed E-state index contributed by atoms with van der Waals surface area (Å²) in [5.74, 6) is -0.386. The Hall–Kier alpha value is -0.870. The molecule has 0 atom stereocenters. The number of nitrogens with one attached hydrogen (secondary N) is 1. The SMILES string of the molecule is C=C(C)C(=O)OCCCNO. The molecule has 64 valence electrons. The van der Waals surface area contributed by atoms with E-state index in [1.807, 2.05) is 5.48 Å². The molecule has 0 spiro atoms. The second kappa shape index (κ2) is 5.88. The third-order valence-corrected chi connectivity index (χ3v) is 1.01. The summed E-state index contributed by atoms with van der Waals surface area (Å²) in [6.45, 7) is 5.73. The molecule has 0 rings (SSSR count). The fourth-order valence-electron chi connectivity index (χ4n) is 0.439. The van der Waals surface area contributed by atoms with E-state index >= 15 is 0 Å². The highest BCUT2D eigenvalue weighted by molar-refractivity contribution is 5.86. The monoisotopic (exact) mass is 159 g/mol. The summed E-state index contributed by atoms with van der Waals surface area (Å²) in [7, 11) is 0. The number of hydroxylamine groups is 1. The van der Waals surface area contributed by atoms with Crippen molar-refractivity contribution < 1.29 is 14.7 Å². The molecule has 0 aromatic carbocycles. The van der Waals surface area contributed by atoms with Crippen LogP contribution in [0.2, 0.25) is 0 Å². The van der Waals surface area contributed by atoms with Gasteiger partial charge in [0.1, 0.15) is 0 Å². The van der Waals surface area contributed by atoms with Crippen molar-refractivity contribution in [1.82, 2.24) is 5.48 Å². The lowest BCUT2D eigenvalue weighted by Crippen LogP contribution is -2.13. The molecule has 0 aliphatic rings. The van der Waals surface area contributed by atoms with Crippen LogP contribution in [0.25, 0.3) is 0 Å². The smallest absolute Gasteiger partial charge is 0.333 e. The Kier molecular flexibility index (Phi) is 5.42. The molecular weight excluding hydrogens is 146 g/mol. The van der Waals surface area contributed by atoms with Crippen molar-refractivity contribution in [3.05, 3.63) is 12.2 Å². The summed E-state index contributed by atoms with van der Waals surface area (Å²) >= 11 is 0. The highest BCUT2D eigenvalue weighted by Gasteiger charge is 2.00. The summed E-state index contributed by atoms with van der Waals surface area (Å²) in [5.41, 5.74) is 2.35. The Balaban J connectivity index is 3.25. The van der Waals surface area contributed by atoms with Gasteiger partial charge >= 0.3 is 5.97 Å². The van der Waals surface area contributed by atoms with Crippen molar-refractivity contribution in [3.63, 3.8) is 0 Å². The first kappa shape index (κ1) is 10.1. The van der Waals surface area contributed by atoms with E-state index in [-0.39, 0.29) is 5.97 Å². The molecule has 0 aromatic rings. The van der Waals surface area contributed by atoms with Crippen molar-refractivity contribution >= 4 is 5.97 Å². The topological polar surface area (TPSA) is 58.6 Å². The lowest BCUT2D eigenvalue weighted by atomic mass is 10.4. The van der Waals surface area contributed by atoms with E-state index in [4.69, 9.17) is 9.94 Å². The van der Waals surface area contributed by atoms with E-state index in [9.17, 15) is 4.79 Å². The quantitative estimate of drug-likeness (QED) is 0.265. The largest absolute Gasteiger partial charge is 0.462 e. The van der Waals surface area contributed by atoms with E-state index in [1.165, 1.54) is 0 Å². The van der Waals surface area contributed by atoms with Gasteiger partial charge in [-0.15, -0.1) is 0 Å². The van der Waals surface area contributed by atoms with Gasteiger partial charge < -0.3 is 9.94 Å². The second-order valence-corrected chi connectivity index (χ2v) is 2.18. The van der Waals surface area contributed by atoms with Crippen LogP contribution in [-0.4, -0.2) is 24.3 Å². The number of rotatable bonds is 5. The highest BCUT2D eigenvalue weighted by Crippen LogP contribution is 1.92. The standard InChI is InChI=1S/C7H13NO3/c1-6(2)7(9)11-5-3-4-8-10/h8,10H,1,3-5H2,2H3. The number of carbonyl (C=O) groups is 1. The van der Waals surface area contributed by atoms with Gasteiger partial charge in [0.05, 0.1) is 6.61 Å². The zero-order chi connectivity index (χ0) is 8.69. The summed E-state index contributed by atoms with van der Waals surface area (Å²) in [6.07, 6.45) is 0.593. The van der Waals surface area contributed by atoms with Crippen molar-refractivity contribution in [2.75, 3.05) is 13.2 Å². The molecule has 0 fully saturated rings. The minimum Gasteiger partial charge on any atom is -0.462 e. The molecular formula is C7H13NO3. The molecule has 0 bridgehead atoms. The molecule has 0 amide bonds. The van der Waals surface area contributed by atoms with Crippen molar-refractivity contribution in [2.24, 2.45) is 0 Å². The molecule has 0 heterocycles. The van der Waals surface area contributed by atoms with Crippen LogP contribution in [0.5, 0.6) is 0 Å². The van der Waals surface area contributed by atoms with E-state index in [0.717, 1.165) is 0 Å². The third-order valence-electron chi connectivity index (χ3n) is 1.01. The number of hydrogen-bond acceptors (Lipinski definition) is 4. The zero-order valence-electron chi connectivity index (χ0n) is 6.59. The van der Waals surface area contributed by atoms with E-state index < -0.39 is 0 Å². The molecule has 0 saturated carbocycles. The maximum atomic E-state index is 10.7. The van der Waals surface area contributed by atoms with Crippen LogP contribution in [0, 0.1) is 0 Å². The van der Waals surface area contributed by atoms with E-state index in [2.05, 4.69) is 6.58 Å². The van der Waals surface area contributed by atoms with Crippen molar-refractivity contribution in [2.45, 2.75) is 13.3 Å². The average Bonchev–Trinajstić information content (AvgIpc) is 1.97. The first-order valence-electron chi connectivity index (χ1n) is 3.38. The van der Waals surface area contributed by atoms with E-state index in [0.29, 0.717) is 25.1 Å². The predicted molar refractivity (Wildman–Crippen MR) is 40.2 cm³/mol. The summed E-state index contributed by atoms with van der Waals surface area (Å²) in [6, 6.07) is 0. The molecule has 0 radical (unpaired) electrons. The maximum Gasteiger partial charge on any atom is 0.333 e. The second-order valence-electron chi connectivity index (χ2n) is 2.18. The molecule has 4 nitrogen and oxygen atoms in total. The van der Waals surface area contributed by atoms with Crippen LogP contribution >= 0.6 is 0 Å². The molecule has 11 heavy (non-hydrogen) atoms. The van der Waals surface area contributed by atoms with Gasteiger partial charge in [0.2, 0.25) is 0 Å². The van der Waals surface area contributed by atoms with Gasteiger partial charge in [0, 0.05) is 12.1 Å². The average molecular weight is 159 g/mol. The van der Waals surface area contributed by atoms with Gasteiger partial charge in [0.15, 0.2) is 0 Å². The van der Waals surface area contributed by atoms with Crippen LogP contribution in [0.15, 0.2) is 12.2 Å². The lowest BCUT2D eigenvalue weighted by molar-refractivity contribution is -0.139. The van der Waals surface area contributed by atoms with E-state index in [1.54, 1.807) is 6.92 Å². The molecule has 0 aliphatic heterocycles. The molecule has 0 unspecified atom stereocenters. The molecule has 2 N–H and O–H groups in total. The first-order valence-corrected chi connectivity index (χ1v) is 3.38. The maximum absolute atomic E-state index is 10.7. The van der Waals surface area contributed by atoms with Crippen LogP contribution < -0.4 is 5.48 Å². The Bertz CT molecular complexity index is 145. The fraction of sp³-hybridized carbons (Fsp3) is 0.571. The number of hydrogen-bond donors (Lipinski definition) is 2. The van der Waals surface area contributed by atoms with Crippen LogP contribution in [0.3, 0.4) is 0 Å². The third kappa shape index (κ3) is 5.57. The van der Waals surface area contributed by atoms with Gasteiger partial charge in [-0.05, 0) is 13.3 Å². The summed E-state index contributed by atoms with van der Waals surface area (Å²) < 4.78 is 4.72. The van der Waals surface area contributed by atoms with Crippen molar-refractivity contribution in [1.29, 1.82) is 0 Å². The van der Waals surface area contributed by atoms with Crippen LogP contribution in [0.1, 0.15) is 13.3 Å². The molecule has 0 saturated heterocycles. The fourth-order valence-corrected chi connectivity index (χ4v) is 0.439. The van der Waals surface area contributed by atoms with Crippen molar-refractivity contribution in [3.8, 4) is 0 Å². The number of esters is 1. The normalized spacial score (nSPS) is 9.27. The number of ether oxygens (including phenoxy) is 1. The minimum absolute atomic E-state index is 0.305. The minimum atomic E-state index is -0.386. The van der Waals surface area contributed by atoms with Gasteiger partial charge in [-0.3, -0.25) is 0 Å². The summed E-state index contributed by atoms with van der Waals surface area (Å²) in [5, 5.41) is 8.13. The zero-order valence-corrected chi connectivity index (χ0v) is 6.59. The van der Waals surface area contributed by atoms with Crippen LogP contribution in [0.4, 0.5) is 0 Å². The Morgan fingerprint density at radius 3 is 2.82 bits per heavy atom. The Morgan fingerprint density at radius 2 is 2.36 bits per heavy atom. The predicted octanol–water partition coefficient (Wildman–Crippen LogP) is 0.475. The molecule has 0 aromatic heterocycles. The molecule has 0 aliphatic carbocycles. The van der Waals surface area contributed by atoms with Gasteiger partial charge in [0.25, 0.3) is 0 Å². The summed E-state index contributed by atoms with van der Waals surface area (Å²) in [4.78, 5) is 10.7. The molecule has 4 heteroatoms. The number of carbonyl (C=O) groups excluding carboxylic acids is 1. The van der Waals surface area contributed by atoms with Crippen LogP contribution in [-0.2, 0) is 9.53 Å².